The molecule has 0 radical (unpaired) electrons. The van der Waals surface area contributed by atoms with Crippen molar-refractivity contribution in [3.8, 4) is 23.0 Å². The van der Waals surface area contributed by atoms with E-state index in [2.05, 4.69) is 23.3 Å². The lowest BCUT2D eigenvalue weighted by Crippen LogP contribution is -2.25. The number of benzene rings is 3. The number of methoxy groups -OCH3 is 2. The molecule has 4 aromatic rings. The highest BCUT2D eigenvalue weighted by atomic mass is 35.5. The number of likely N-dealkylation sites (tertiary alicyclic amines) is 1. The summed E-state index contributed by atoms with van der Waals surface area (Å²) in [7, 11) is 3.27. The summed E-state index contributed by atoms with van der Waals surface area (Å²) in [5, 5.41) is 0.724. The molecule has 0 bridgehead atoms. The first-order valence-corrected chi connectivity index (χ1v) is 14.4. The fourth-order valence-electron chi connectivity index (χ4n) is 5.20. The Labute approximate surface area is 246 Å². The van der Waals surface area contributed by atoms with Gasteiger partial charge in [-0.1, -0.05) is 35.9 Å². The van der Waals surface area contributed by atoms with Crippen molar-refractivity contribution in [3.05, 3.63) is 92.7 Å². The maximum atomic E-state index is 13.9. The summed E-state index contributed by atoms with van der Waals surface area (Å²) in [4.78, 5) is 16.2. The lowest BCUT2D eigenvalue weighted by Gasteiger charge is -2.22. The van der Waals surface area contributed by atoms with E-state index >= 15 is 0 Å². The molecular formula is C33H37ClN2O5. The molecule has 1 fully saturated rings. The van der Waals surface area contributed by atoms with Gasteiger partial charge >= 0.3 is 0 Å². The van der Waals surface area contributed by atoms with E-state index in [1.807, 2.05) is 60.8 Å². The molecule has 8 heteroatoms. The van der Waals surface area contributed by atoms with Gasteiger partial charge in [-0.15, -0.1) is 0 Å². The molecule has 1 aromatic heterocycles. The molecule has 1 saturated heterocycles. The predicted molar refractivity (Wildman–Crippen MR) is 163 cm³/mol. The van der Waals surface area contributed by atoms with Crippen molar-refractivity contribution in [1.29, 1.82) is 0 Å². The zero-order valence-electron chi connectivity index (χ0n) is 24.1. The van der Waals surface area contributed by atoms with Gasteiger partial charge in [-0.25, -0.2) is 0 Å². The fourth-order valence-corrected chi connectivity index (χ4v) is 5.53. The lowest BCUT2D eigenvalue weighted by molar-refractivity contribution is 0.256. The third-order valence-electron chi connectivity index (χ3n) is 7.50. The number of halogens is 1. The molecule has 3 aromatic carbocycles. The molecular weight excluding hydrogens is 540 g/mol. The number of aromatic nitrogens is 1. The van der Waals surface area contributed by atoms with Crippen LogP contribution in [0.4, 0.5) is 0 Å². The molecule has 1 aliphatic rings. The summed E-state index contributed by atoms with van der Waals surface area (Å²) in [5.74, 6) is 2.37. The highest BCUT2D eigenvalue weighted by Crippen LogP contribution is 2.42. The summed E-state index contributed by atoms with van der Waals surface area (Å²) in [5.41, 5.74) is 3.30. The Morgan fingerprint density at radius 3 is 1.95 bits per heavy atom. The first kappa shape index (κ1) is 28.8. The largest absolute Gasteiger partial charge is 0.497 e. The van der Waals surface area contributed by atoms with Crippen LogP contribution >= 0.6 is 11.6 Å². The van der Waals surface area contributed by atoms with Crippen LogP contribution in [0.25, 0.3) is 10.9 Å². The van der Waals surface area contributed by atoms with Crippen LogP contribution in [0.15, 0.2) is 65.6 Å². The van der Waals surface area contributed by atoms with Crippen molar-refractivity contribution in [1.82, 2.24) is 9.47 Å². The molecule has 0 unspecified atom stereocenters. The van der Waals surface area contributed by atoms with Gasteiger partial charge in [0, 0.05) is 30.4 Å². The molecule has 216 valence electrons. The Bertz CT molecular complexity index is 1540. The van der Waals surface area contributed by atoms with Crippen molar-refractivity contribution >= 4 is 22.5 Å². The first-order valence-electron chi connectivity index (χ1n) is 14.0. The number of hydrogen-bond donors (Lipinski definition) is 0. The Balaban J connectivity index is 1.57. The zero-order chi connectivity index (χ0) is 28.9. The average Bonchev–Trinajstić information content (AvgIpc) is 3.50. The van der Waals surface area contributed by atoms with E-state index in [1.54, 1.807) is 14.2 Å². The lowest BCUT2D eigenvalue weighted by atomic mass is 10.1. The van der Waals surface area contributed by atoms with E-state index < -0.39 is 0 Å². The minimum absolute atomic E-state index is 0.0650. The molecule has 41 heavy (non-hydrogen) atoms. The van der Waals surface area contributed by atoms with Gasteiger partial charge in [0.2, 0.25) is 0 Å². The monoisotopic (exact) mass is 576 g/mol. The molecule has 0 saturated carbocycles. The minimum Gasteiger partial charge on any atom is -0.497 e. The van der Waals surface area contributed by atoms with E-state index in [0.717, 1.165) is 59.6 Å². The fraction of sp³-hybridized carbons (Fsp3) is 0.364. The van der Waals surface area contributed by atoms with Gasteiger partial charge in [-0.05, 0) is 75.2 Å². The van der Waals surface area contributed by atoms with Gasteiger partial charge in [0.1, 0.15) is 24.7 Å². The van der Waals surface area contributed by atoms with Gasteiger partial charge in [-0.3, -0.25) is 9.69 Å². The van der Waals surface area contributed by atoms with Crippen molar-refractivity contribution in [3.63, 3.8) is 0 Å². The number of nitrogens with zero attached hydrogens (tertiary/aromatic N) is 2. The average molecular weight is 577 g/mol. The topological polar surface area (TPSA) is 62.2 Å². The van der Waals surface area contributed by atoms with E-state index in [9.17, 15) is 4.79 Å². The standard InChI is InChI=1S/C33H37ClN2O5/c1-22(2)36-19-25(18-35-15-5-6-16-35)32(37)30-28(36)17-29(40-20-23-7-11-26(38-3)12-8-23)33(31(30)34)41-21-24-9-13-27(39-4)14-10-24/h7-14,17,19,22H,5-6,15-16,18,20-21H2,1-4H3. The van der Waals surface area contributed by atoms with Gasteiger partial charge < -0.3 is 23.5 Å². The quantitative estimate of drug-likeness (QED) is 0.191. The third-order valence-corrected chi connectivity index (χ3v) is 7.86. The van der Waals surface area contributed by atoms with Gasteiger partial charge in [-0.2, -0.15) is 0 Å². The molecule has 0 aliphatic carbocycles. The molecule has 2 heterocycles. The SMILES string of the molecule is COc1ccc(COc2cc3c(c(Cl)c2OCc2ccc(OC)cc2)c(=O)c(CN2CCCC2)cn3C(C)C)cc1. The summed E-state index contributed by atoms with van der Waals surface area (Å²) in [6.07, 6.45) is 4.30. The highest BCUT2D eigenvalue weighted by Gasteiger charge is 2.23. The van der Waals surface area contributed by atoms with E-state index in [4.69, 9.17) is 30.5 Å². The van der Waals surface area contributed by atoms with Crippen LogP contribution in [0.3, 0.4) is 0 Å². The Kier molecular flexibility index (Phi) is 9.06. The second-order valence-electron chi connectivity index (χ2n) is 10.7. The number of pyridine rings is 1. The Morgan fingerprint density at radius 2 is 1.41 bits per heavy atom. The first-order chi connectivity index (χ1) is 19.9. The molecule has 5 rings (SSSR count). The highest BCUT2D eigenvalue weighted by molar-refractivity contribution is 6.37. The maximum absolute atomic E-state index is 13.9. The zero-order valence-corrected chi connectivity index (χ0v) is 24.9. The van der Waals surface area contributed by atoms with Gasteiger partial charge in [0.25, 0.3) is 0 Å². The van der Waals surface area contributed by atoms with Crippen molar-refractivity contribution in [2.75, 3.05) is 27.3 Å². The van der Waals surface area contributed by atoms with Crippen LogP contribution in [0.5, 0.6) is 23.0 Å². The molecule has 0 amide bonds. The Hall–Kier alpha value is -3.68. The smallest absolute Gasteiger partial charge is 0.195 e. The van der Waals surface area contributed by atoms with Crippen molar-refractivity contribution < 1.29 is 18.9 Å². The Morgan fingerprint density at radius 1 is 0.854 bits per heavy atom. The molecule has 7 nitrogen and oxygen atoms in total. The summed E-state index contributed by atoms with van der Waals surface area (Å²) >= 11 is 7.08. The number of hydrogen-bond acceptors (Lipinski definition) is 6. The van der Waals surface area contributed by atoms with E-state index in [1.165, 1.54) is 0 Å². The minimum atomic E-state index is -0.0650. The van der Waals surface area contributed by atoms with Crippen molar-refractivity contribution in [2.45, 2.75) is 52.5 Å². The molecule has 1 aliphatic heterocycles. The van der Waals surface area contributed by atoms with Crippen LogP contribution < -0.4 is 24.4 Å². The molecule has 0 spiro atoms. The van der Waals surface area contributed by atoms with E-state index in [-0.39, 0.29) is 23.1 Å². The van der Waals surface area contributed by atoms with Crippen LogP contribution in [0, 0.1) is 0 Å². The number of ether oxygens (including phenoxy) is 4. The van der Waals surface area contributed by atoms with Crippen LogP contribution in [0.1, 0.15) is 49.4 Å². The number of rotatable bonds is 11. The summed E-state index contributed by atoms with van der Waals surface area (Å²) in [6, 6.07) is 17.3. The summed E-state index contributed by atoms with van der Waals surface area (Å²) < 4.78 is 25.3. The predicted octanol–water partition coefficient (Wildman–Crippen LogP) is 7.01. The van der Waals surface area contributed by atoms with Gasteiger partial charge in [0.05, 0.1) is 30.1 Å². The van der Waals surface area contributed by atoms with Crippen LogP contribution in [0.2, 0.25) is 5.02 Å². The third kappa shape index (κ3) is 6.47. The summed E-state index contributed by atoms with van der Waals surface area (Å²) in [6.45, 7) is 7.36. The normalized spacial score (nSPS) is 13.6. The number of fused-ring (bicyclic) bond motifs is 1. The van der Waals surface area contributed by atoms with Gasteiger partial charge in [0.15, 0.2) is 16.9 Å². The second kappa shape index (κ2) is 12.9. The molecule has 0 atom stereocenters. The van der Waals surface area contributed by atoms with E-state index in [0.29, 0.717) is 30.0 Å². The van der Waals surface area contributed by atoms with Crippen molar-refractivity contribution in [2.24, 2.45) is 0 Å². The van der Waals surface area contributed by atoms with Crippen LogP contribution in [-0.2, 0) is 19.8 Å². The molecule has 0 N–H and O–H groups in total. The maximum Gasteiger partial charge on any atom is 0.195 e. The van der Waals surface area contributed by atoms with Crippen LogP contribution in [-0.4, -0.2) is 36.8 Å². The second-order valence-corrected chi connectivity index (χ2v) is 11.0.